The first-order chi connectivity index (χ1) is 8.42. The summed E-state index contributed by atoms with van der Waals surface area (Å²) in [4.78, 5) is 3.77. The van der Waals surface area contributed by atoms with Crippen molar-refractivity contribution in [3.05, 3.63) is 34.2 Å². The van der Waals surface area contributed by atoms with Crippen molar-refractivity contribution < 1.29 is 8.42 Å². The minimum Gasteiger partial charge on any atom is -0.381 e. The highest BCUT2D eigenvalue weighted by atomic mass is 127. The summed E-state index contributed by atoms with van der Waals surface area (Å²) in [7, 11) is -2.16. The molecule has 2 aromatic rings. The number of halogens is 1. The Kier molecular flexibility index (Phi) is 3.48. The van der Waals surface area contributed by atoms with Gasteiger partial charge in [-0.1, -0.05) is 12.1 Å². The Morgan fingerprint density at radius 1 is 1.39 bits per heavy atom. The first-order valence-electron chi connectivity index (χ1n) is 4.96. The summed E-state index contributed by atoms with van der Waals surface area (Å²) >= 11 is 2.06. The molecule has 1 aromatic carbocycles. The quantitative estimate of drug-likeness (QED) is 0.791. The van der Waals surface area contributed by atoms with Gasteiger partial charge in [0.05, 0.1) is 12.0 Å². The van der Waals surface area contributed by atoms with Gasteiger partial charge >= 0.3 is 0 Å². The number of para-hydroxylation sites is 1. The second kappa shape index (κ2) is 4.76. The van der Waals surface area contributed by atoms with Crippen LogP contribution in [0.1, 0.15) is 0 Å². The van der Waals surface area contributed by atoms with Gasteiger partial charge in [0.2, 0.25) is 0 Å². The fourth-order valence-electron chi connectivity index (χ4n) is 1.50. The highest BCUT2D eigenvalue weighted by Gasteiger charge is 2.22. The van der Waals surface area contributed by atoms with Crippen LogP contribution in [0, 0.1) is 3.57 Å². The number of nitrogen functional groups attached to an aromatic ring is 1. The van der Waals surface area contributed by atoms with Crippen LogP contribution in [-0.2, 0) is 17.1 Å². The van der Waals surface area contributed by atoms with Crippen LogP contribution in [0.15, 0.2) is 35.6 Å². The van der Waals surface area contributed by atoms with Gasteiger partial charge in [0.1, 0.15) is 0 Å². The van der Waals surface area contributed by atoms with Crippen LogP contribution >= 0.6 is 22.6 Å². The fraction of sp³-hybridized carbons (Fsp3) is 0.100. The molecule has 0 fully saturated rings. The average molecular weight is 378 g/mol. The molecule has 8 heteroatoms. The van der Waals surface area contributed by atoms with Gasteiger partial charge in [0.25, 0.3) is 10.0 Å². The fourth-order valence-corrected chi connectivity index (χ4v) is 3.53. The van der Waals surface area contributed by atoms with Gasteiger partial charge in [-0.3, -0.25) is 4.72 Å². The molecule has 0 bridgehead atoms. The number of imidazole rings is 1. The van der Waals surface area contributed by atoms with E-state index in [0.717, 1.165) is 3.57 Å². The molecule has 0 atom stereocenters. The summed E-state index contributed by atoms with van der Waals surface area (Å²) in [6, 6.07) is 7.08. The number of aromatic nitrogens is 2. The maximum Gasteiger partial charge on any atom is 0.281 e. The summed E-state index contributed by atoms with van der Waals surface area (Å²) in [6.45, 7) is 0. The summed E-state index contributed by atoms with van der Waals surface area (Å²) in [5.74, 6) is -0.0176. The number of anilines is 2. The van der Waals surface area contributed by atoms with Crippen LogP contribution in [-0.4, -0.2) is 18.0 Å². The highest BCUT2D eigenvalue weighted by Crippen LogP contribution is 2.23. The topological polar surface area (TPSA) is 90.0 Å². The van der Waals surface area contributed by atoms with Gasteiger partial charge < -0.3 is 10.3 Å². The van der Waals surface area contributed by atoms with Crippen molar-refractivity contribution in [1.82, 2.24) is 9.55 Å². The number of sulfonamides is 1. The molecule has 0 saturated heterocycles. The van der Waals surface area contributed by atoms with Crippen molar-refractivity contribution in [3.8, 4) is 0 Å². The third-order valence-electron chi connectivity index (χ3n) is 2.28. The molecule has 6 nitrogen and oxygen atoms in total. The lowest BCUT2D eigenvalue weighted by Gasteiger charge is -2.10. The van der Waals surface area contributed by atoms with Crippen LogP contribution in [0.4, 0.5) is 11.5 Å². The third kappa shape index (κ3) is 2.43. The number of nitrogens with zero attached hydrogens (tertiary/aromatic N) is 2. The Labute approximate surface area is 118 Å². The normalized spacial score (nSPS) is 11.4. The van der Waals surface area contributed by atoms with Crippen LogP contribution < -0.4 is 10.5 Å². The molecule has 96 valence electrons. The minimum absolute atomic E-state index is 0.0176. The molecule has 0 saturated carbocycles. The van der Waals surface area contributed by atoms with Crippen LogP contribution in [0.2, 0.25) is 0 Å². The highest BCUT2D eigenvalue weighted by molar-refractivity contribution is 14.1. The molecular weight excluding hydrogens is 367 g/mol. The molecular formula is C10H11IN4O2S. The van der Waals surface area contributed by atoms with Crippen molar-refractivity contribution in [2.45, 2.75) is 5.03 Å². The molecule has 0 spiro atoms. The molecule has 18 heavy (non-hydrogen) atoms. The van der Waals surface area contributed by atoms with E-state index in [-0.39, 0.29) is 10.8 Å². The lowest BCUT2D eigenvalue weighted by Crippen LogP contribution is -2.18. The Bertz CT molecular complexity index is 661. The Morgan fingerprint density at radius 2 is 2.06 bits per heavy atom. The minimum atomic E-state index is -3.73. The van der Waals surface area contributed by atoms with Gasteiger partial charge in [-0.2, -0.15) is 8.42 Å². The van der Waals surface area contributed by atoms with Crippen molar-refractivity contribution in [2.24, 2.45) is 7.05 Å². The second-order valence-electron chi connectivity index (χ2n) is 3.63. The van der Waals surface area contributed by atoms with Crippen LogP contribution in [0.3, 0.4) is 0 Å². The molecule has 0 unspecified atom stereocenters. The van der Waals surface area contributed by atoms with Gasteiger partial charge in [-0.25, -0.2) is 4.98 Å². The van der Waals surface area contributed by atoms with E-state index in [2.05, 4.69) is 32.3 Å². The number of hydrogen-bond acceptors (Lipinski definition) is 4. The molecule has 1 aromatic heterocycles. The predicted molar refractivity (Wildman–Crippen MR) is 77.6 cm³/mol. The molecule has 0 aliphatic rings. The number of nitrogens with one attached hydrogen (secondary N) is 1. The Balaban J connectivity index is 2.43. The van der Waals surface area contributed by atoms with E-state index in [0.29, 0.717) is 5.69 Å². The zero-order valence-corrected chi connectivity index (χ0v) is 12.4. The van der Waals surface area contributed by atoms with Gasteiger partial charge in [0.15, 0.2) is 10.8 Å². The van der Waals surface area contributed by atoms with E-state index >= 15 is 0 Å². The zero-order chi connectivity index (χ0) is 13.3. The number of hydrogen-bond donors (Lipinski definition) is 2. The molecule has 0 aliphatic heterocycles. The first-order valence-corrected chi connectivity index (χ1v) is 7.52. The Morgan fingerprint density at radius 3 is 2.61 bits per heavy atom. The third-order valence-corrected chi connectivity index (χ3v) is 4.72. The molecule has 0 amide bonds. The van der Waals surface area contributed by atoms with Gasteiger partial charge in [0, 0.05) is 10.6 Å². The van der Waals surface area contributed by atoms with Crippen LogP contribution in [0.25, 0.3) is 0 Å². The molecule has 1 heterocycles. The molecule has 0 aliphatic carbocycles. The number of rotatable bonds is 3. The average Bonchev–Trinajstić information content (AvgIpc) is 2.62. The van der Waals surface area contributed by atoms with Gasteiger partial charge in [-0.15, -0.1) is 0 Å². The monoisotopic (exact) mass is 378 g/mol. The zero-order valence-electron chi connectivity index (χ0n) is 9.46. The van der Waals surface area contributed by atoms with Crippen molar-refractivity contribution in [2.75, 3.05) is 10.5 Å². The van der Waals surface area contributed by atoms with E-state index in [1.54, 1.807) is 19.2 Å². The standard InChI is InChI=1S/C10H11IN4O2S/c1-15-6-13-9(12)10(15)18(16,17)14-8-5-3-2-4-7(8)11/h2-6,14H,12H2,1H3. The SMILES string of the molecule is Cn1cnc(N)c1S(=O)(=O)Nc1ccccc1I. The van der Waals surface area contributed by atoms with Crippen molar-refractivity contribution >= 4 is 44.1 Å². The largest absolute Gasteiger partial charge is 0.381 e. The predicted octanol–water partition coefficient (Wildman–Crippen LogP) is 1.41. The number of aryl methyl sites for hydroxylation is 1. The first kappa shape index (κ1) is 13.1. The lowest BCUT2D eigenvalue weighted by atomic mass is 10.3. The second-order valence-corrected chi connectivity index (χ2v) is 6.39. The van der Waals surface area contributed by atoms with E-state index in [9.17, 15) is 8.42 Å². The van der Waals surface area contributed by atoms with E-state index in [1.165, 1.54) is 10.9 Å². The maximum absolute atomic E-state index is 12.2. The molecule has 3 N–H and O–H groups in total. The summed E-state index contributed by atoms with van der Waals surface area (Å²) in [6.07, 6.45) is 1.36. The van der Waals surface area contributed by atoms with Crippen molar-refractivity contribution in [1.29, 1.82) is 0 Å². The number of benzene rings is 1. The maximum atomic E-state index is 12.2. The Hall–Kier alpha value is -1.29. The smallest absolute Gasteiger partial charge is 0.281 e. The molecule has 0 radical (unpaired) electrons. The van der Waals surface area contributed by atoms with E-state index in [4.69, 9.17) is 5.73 Å². The lowest BCUT2D eigenvalue weighted by molar-refractivity contribution is 0.592. The van der Waals surface area contributed by atoms with Crippen molar-refractivity contribution in [3.63, 3.8) is 0 Å². The van der Waals surface area contributed by atoms with Gasteiger partial charge in [-0.05, 0) is 34.7 Å². The van der Waals surface area contributed by atoms with E-state index < -0.39 is 10.0 Å². The summed E-state index contributed by atoms with van der Waals surface area (Å²) < 4.78 is 29.1. The van der Waals surface area contributed by atoms with Crippen LogP contribution in [0.5, 0.6) is 0 Å². The number of nitrogens with two attached hydrogens (primary N) is 1. The molecule has 2 rings (SSSR count). The summed E-state index contributed by atoms with van der Waals surface area (Å²) in [5.41, 5.74) is 6.08. The van der Waals surface area contributed by atoms with E-state index in [1.807, 2.05) is 12.1 Å². The summed E-state index contributed by atoms with van der Waals surface area (Å²) in [5, 5.41) is -0.0397.